The van der Waals surface area contributed by atoms with Crippen LogP contribution in [0.5, 0.6) is 5.75 Å². The molecule has 2 aromatic carbocycles. The molecule has 0 atom stereocenters. The van der Waals surface area contributed by atoms with Crippen molar-refractivity contribution in [3.63, 3.8) is 0 Å². The molecule has 0 saturated carbocycles. The lowest BCUT2D eigenvalue weighted by molar-refractivity contribution is 0.102. The molecule has 0 fully saturated rings. The van der Waals surface area contributed by atoms with Crippen LogP contribution in [0.1, 0.15) is 15.9 Å². The highest BCUT2D eigenvalue weighted by Gasteiger charge is 2.11. The van der Waals surface area contributed by atoms with Crippen molar-refractivity contribution in [1.82, 2.24) is 0 Å². The summed E-state index contributed by atoms with van der Waals surface area (Å²) >= 11 is 3.28. The first-order valence-electron chi connectivity index (χ1n) is 5.61. The Balaban J connectivity index is 2.30. The lowest BCUT2D eigenvalue weighted by Crippen LogP contribution is -2.13. The molecule has 5 nitrogen and oxygen atoms in total. The molecule has 2 rings (SSSR count). The standard InChI is InChI=1S/C14H10BrN3O2/c15-10-3-1-9(7-16)12(6-10)18-14(20)8-2-4-11(17)13(19)5-8/h1-6,19H,17H2,(H,18,20). The lowest BCUT2D eigenvalue weighted by Gasteiger charge is -2.08. The largest absolute Gasteiger partial charge is 0.506 e. The molecule has 0 aliphatic carbocycles. The van der Waals surface area contributed by atoms with E-state index in [-0.39, 0.29) is 17.0 Å². The summed E-state index contributed by atoms with van der Waals surface area (Å²) in [6.07, 6.45) is 0. The number of nitrogen functional groups attached to an aromatic ring is 1. The van der Waals surface area contributed by atoms with Crippen molar-refractivity contribution in [2.75, 3.05) is 11.1 Å². The summed E-state index contributed by atoms with van der Waals surface area (Å²) in [4.78, 5) is 12.1. The molecule has 0 unspecified atom stereocenters. The van der Waals surface area contributed by atoms with Gasteiger partial charge in [-0.1, -0.05) is 15.9 Å². The molecule has 0 aliphatic heterocycles. The summed E-state index contributed by atoms with van der Waals surface area (Å²) < 4.78 is 0.743. The van der Waals surface area contributed by atoms with E-state index >= 15 is 0 Å². The van der Waals surface area contributed by atoms with Gasteiger partial charge in [0, 0.05) is 10.0 Å². The Kier molecular flexibility index (Phi) is 3.91. The average molecular weight is 332 g/mol. The van der Waals surface area contributed by atoms with Crippen LogP contribution in [-0.4, -0.2) is 11.0 Å². The summed E-state index contributed by atoms with van der Waals surface area (Å²) in [5, 5.41) is 21.1. The Labute approximate surface area is 123 Å². The number of nitrogens with two attached hydrogens (primary N) is 1. The summed E-state index contributed by atoms with van der Waals surface area (Å²) in [6, 6.07) is 11.1. The van der Waals surface area contributed by atoms with Crippen molar-refractivity contribution in [1.29, 1.82) is 5.26 Å². The molecule has 0 bridgehead atoms. The van der Waals surface area contributed by atoms with Crippen molar-refractivity contribution < 1.29 is 9.90 Å². The van der Waals surface area contributed by atoms with E-state index in [9.17, 15) is 9.90 Å². The van der Waals surface area contributed by atoms with Crippen molar-refractivity contribution in [3.8, 4) is 11.8 Å². The first kappa shape index (κ1) is 13.9. The van der Waals surface area contributed by atoms with Gasteiger partial charge in [-0.05, 0) is 36.4 Å². The minimum absolute atomic E-state index is 0.160. The third-order valence-electron chi connectivity index (χ3n) is 2.64. The summed E-state index contributed by atoms with van der Waals surface area (Å²) in [5.74, 6) is -0.595. The van der Waals surface area contributed by atoms with Crippen LogP contribution in [0.3, 0.4) is 0 Å². The van der Waals surface area contributed by atoms with E-state index in [2.05, 4.69) is 21.2 Å². The van der Waals surface area contributed by atoms with Crippen molar-refractivity contribution in [2.45, 2.75) is 0 Å². The summed E-state index contributed by atoms with van der Waals surface area (Å²) in [5.41, 5.74) is 6.66. The Bertz CT molecular complexity index is 723. The number of halogens is 1. The first-order chi connectivity index (χ1) is 9.51. The number of nitrogens with zero attached hydrogens (tertiary/aromatic N) is 1. The molecule has 0 aliphatic rings. The Hall–Kier alpha value is -2.52. The SMILES string of the molecule is N#Cc1ccc(Br)cc1NC(=O)c1ccc(N)c(O)c1. The monoisotopic (exact) mass is 331 g/mol. The number of carbonyl (C=O) groups is 1. The molecule has 100 valence electrons. The molecule has 0 heterocycles. The highest BCUT2D eigenvalue weighted by molar-refractivity contribution is 9.10. The number of hydrogen-bond donors (Lipinski definition) is 3. The van der Waals surface area contributed by atoms with Crippen LogP contribution >= 0.6 is 15.9 Å². The maximum absolute atomic E-state index is 12.1. The van der Waals surface area contributed by atoms with Gasteiger partial charge in [0.25, 0.3) is 5.91 Å². The Morgan fingerprint density at radius 1 is 1.30 bits per heavy atom. The van der Waals surface area contributed by atoms with Gasteiger partial charge in [-0.25, -0.2) is 0 Å². The number of amides is 1. The average Bonchev–Trinajstić information content (AvgIpc) is 2.42. The predicted octanol–water partition coefficient (Wildman–Crippen LogP) is 2.86. The van der Waals surface area contributed by atoms with Gasteiger partial charge >= 0.3 is 0 Å². The van der Waals surface area contributed by atoms with E-state index in [1.54, 1.807) is 18.2 Å². The lowest BCUT2D eigenvalue weighted by atomic mass is 10.1. The first-order valence-corrected chi connectivity index (χ1v) is 6.40. The highest BCUT2D eigenvalue weighted by Crippen LogP contribution is 2.24. The maximum Gasteiger partial charge on any atom is 0.255 e. The number of nitrogens with one attached hydrogen (secondary N) is 1. The third kappa shape index (κ3) is 2.90. The molecule has 2 aromatic rings. The van der Waals surface area contributed by atoms with Gasteiger partial charge in [0.05, 0.1) is 16.9 Å². The molecule has 1 amide bonds. The number of phenols is 1. The number of rotatable bonds is 2. The zero-order valence-corrected chi connectivity index (χ0v) is 11.8. The highest BCUT2D eigenvalue weighted by atomic mass is 79.9. The van der Waals surface area contributed by atoms with Crippen LogP contribution < -0.4 is 11.1 Å². The van der Waals surface area contributed by atoms with Crippen LogP contribution in [0.4, 0.5) is 11.4 Å². The molecule has 0 radical (unpaired) electrons. The van der Waals surface area contributed by atoms with E-state index in [0.717, 1.165) is 4.47 Å². The zero-order valence-electron chi connectivity index (χ0n) is 10.2. The number of carbonyl (C=O) groups excluding carboxylic acids is 1. The van der Waals surface area contributed by atoms with Crippen LogP contribution in [0.2, 0.25) is 0 Å². The van der Waals surface area contributed by atoms with Gasteiger partial charge in [0.15, 0.2) is 0 Å². The summed E-state index contributed by atoms with van der Waals surface area (Å²) in [6.45, 7) is 0. The minimum Gasteiger partial charge on any atom is -0.506 e. The maximum atomic E-state index is 12.1. The number of benzene rings is 2. The smallest absolute Gasteiger partial charge is 0.255 e. The van der Waals surface area contributed by atoms with Crippen LogP contribution in [0, 0.1) is 11.3 Å². The molecular weight excluding hydrogens is 322 g/mol. The summed E-state index contributed by atoms with van der Waals surface area (Å²) in [7, 11) is 0. The van der Waals surface area contributed by atoms with Crippen LogP contribution in [0.15, 0.2) is 40.9 Å². The van der Waals surface area contributed by atoms with Crippen molar-refractivity contribution in [3.05, 3.63) is 52.0 Å². The molecule has 4 N–H and O–H groups in total. The van der Waals surface area contributed by atoms with Crippen LogP contribution in [0.25, 0.3) is 0 Å². The molecule has 6 heteroatoms. The topological polar surface area (TPSA) is 99.1 Å². The zero-order chi connectivity index (χ0) is 14.7. The molecule has 0 spiro atoms. The molecule has 0 aromatic heterocycles. The molecular formula is C14H10BrN3O2. The number of aromatic hydroxyl groups is 1. The fourth-order valence-electron chi connectivity index (χ4n) is 1.60. The van der Waals surface area contributed by atoms with E-state index in [0.29, 0.717) is 11.3 Å². The van der Waals surface area contributed by atoms with Crippen molar-refractivity contribution in [2.24, 2.45) is 0 Å². The van der Waals surface area contributed by atoms with E-state index in [1.165, 1.54) is 18.2 Å². The quantitative estimate of drug-likeness (QED) is 0.582. The number of nitriles is 1. The van der Waals surface area contributed by atoms with Gasteiger partial charge in [-0.3, -0.25) is 4.79 Å². The van der Waals surface area contributed by atoms with Crippen LogP contribution in [-0.2, 0) is 0 Å². The second-order valence-electron chi connectivity index (χ2n) is 4.03. The minimum atomic E-state index is -0.435. The molecule has 20 heavy (non-hydrogen) atoms. The van der Waals surface area contributed by atoms with Gasteiger partial charge < -0.3 is 16.2 Å². The van der Waals surface area contributed by atoms with E-state index < -0.39 is 5.91 Å². The number of anilines is 2. The van der Waals surface area contributed by atoms with Crippen molar-refractivity contribution >= 4 is 33.2 Å². The van der Waals surface area contributed by atoms with Gasteiger partial charge in [-0.15, -0.1) is 0 Å². The van der Waals surface area contributed by atoms with Gasteiger partial charge in [0.1, 0.15) is 11.8 Å². The second-order valence-corrected chi connectivity index (χ2v) is 4.95. The Morgan fingerprint density at radius 3 is 2.70 bits per heavy atom. The van der Waals surface area contributed by atoms with E-state index in [4.69, 9.17) is 11.0 Å². The van der Waals surface area contributed by atoms with Gasteiger partial charge in [-0.2, -0.15) is 5.26 Å². The fourth-order valence-corrected chi connectivity index (χ4v) is 1.96. The second kappa shape index (κ2) is 5.63. The van der Waals surface area contributed by atoms with E-state index in [1.807, 2.05) is 6.07 Å². The fraction of sp³-hybridized carbons (Fsp3) is 0. The number of hydrogen-bond acceptors (Lipinski definition) is 4. The van der Waals surface area contributed by atoms with Gasteiger partial charge in [0.2, 0.25) is 0 Å². The predicted molar refractivity (Wildman–Crippen MR) is 79.3 cm³/mol. The number of phenolic OH excluding ortho intramolecular Hbond substituents is 1. The third-order valence-corrected chi connectivity index (χ3v) is 3.14. The normalized spacial score (nSPS) is 9.80. The Morgan fingerprint density at radius 2 is 2.05 bits per heavy atom. The molecule has 0 saturated heterocycles.